The Morgan fingerprint density at radius 1 is 1.11 bits per heavy atom. The van der Waals surface area contributed by atoms with Gasteiger partial charge in [0.15, 0.2) is 0 Å². The van der Waals surface area contributed by atoms with E-state index in [1.165, 1.54) is 12.1 Å². The molecule has 0 atom stereocenters. The zero-order valence-electron chi connectivity index (χ0n) is 15.3. The Hall–Kier alpha value is -3.19. The monoisotopic (exact) mass is 394 g/mol. The van der Waals surface area contributed by atoms with Crippen LogP contribution in [-0.4, -0.2) is 14.9 Å². The lowest BCUT2D eigenvalue weighted by Gasteiger charge is -2.16. The summed E-state index contributed by atoms with van der Waals surface area (Å²) < 4.78 is 21.4. The third-order valence-electron chi connectivity index (χ3n) is 4.56. The maximum Gasteiger partial charge on any atom is 0.214 e. The number of hydrogen-bond acceptors (Lipinski definition) is 4. The Bertz CT molecular complexity index is 1170. The van der Waals surface area contributed by atoms with Crippen molar-refractivity contribution >= 4 is 23.0 Å². The molecule has 2 N–H and O–H groups in total. The van der Waals surface area contributed by atoms with Crippen LogP contribution in [0.2, 0.25) is 0 Å². The molecule has 4 rings (SSSR count). The topological polar surface area (TPSA) is 54.9 Å². The SMILES string of the molecule is Cc1n[nH]c(=S)n1NCc1c(OCc2ccc(F)cc2)ccc2ccccc12. The van der Waals surface area contributed by atoms with E-state index in [-0.39, 0.29) is 5.82 Å². The van der Waals surface area contributed by atoms with Crippen LogP contribution in [-0.2, 0) is 13.2 Å². The quantitative estimate of drug-likeness (QED) is 0.459. The summed E-state index contributed by atoms with van der Waals surface area (Å²) in [6.45, 7) is 2.74. The zero-order valence-corrected chi connectivity index (χ0v) is 16.1. The van der Waals surface area contributed by atoms with Crippen molar-refractivity contribution in [2.45, 2.75) is 20.1 Å². The van der Waals surface area contributed by atoms with Gasteiger partial charge in [0.05, 0.1) is 6.54 Å². The minimum absolute atomic E-state index is 0.258. The van der Waals surface area contributed by atoms with Gasteiger partial charge < -0.3 is 10.2 Å². The van der Waals surface area contributed by atoms with E-state index >= 15 is 0 Å². The number of fused-ring (bicyclic) bond motifs is 1. The van der Waals surface area contributed by atoms with Crippen LogP contribution < -0.4 is 10.2 Å². The molecule has 0 bridgehead atoms. The molecule has 0 aliphatic rings. The van der Waals surface area contributed by atoms with Crippen LogP contribution in [0.25, 0.3) is 10.8 Å². The van der Waals surface area contributed by atoms with Crippen LogP contribution in [0, 0.1) is 17.5 Å². The number of ether oxygens (including phenoxy) is 1. The Balaban J connectivity index is 1.64. The normalized spacial score (nSPS) is 10.9. The molecule has 4 aromatic rings. The highest BCUT2D eigenvalue weighted by atomic mass is 32.1. The van der Waals surface area contributed by atoms with E-state index in [4.69, 9.17) is 17.0 Å². The Morgan fingerprint density at radius 3 is 2.64 bits per heavy atom. The summed E-state index contributed by atoms with van der Waals surface area (Å²) in [6.07, 6.45) is 0. The largest absolute Gasteiger partial charge is 0.489 e. The number of aromatic amines is 1. The third kappa shape index (κ3) is 3.75. The summed E-state index contributed by atoms with van der Waals surface area (Å²) in [5.74, 6) is 1.26. The van der Waals surface area contributed by atoms with Gasteiger partial charge in [-0.2, -0.15) is 5.10 Å². The molecule has 0 fully saturated rings. The van der Waals surface area contributed by atoms with Gasteiger partial charge in [0.2, 0.25) is 4.77 Å². The molecule has 142 valence electrons. The second-order valence-electron chi connectivity index (χ2n) is 6.42. The van der Waals surface area contributed by atoms with Gasteiger partial charge in [-0.05, 0) is 53.7 Å². The molecule has 0 aliphatic carbocycles. The van der Waals surface area contributed by atoms with Crippen LogP contribution in [0.1, 0.15) is 17.0 Å². The van der Waals surface area contributed by atoms with Crippen molar-refractivity contribution in [1.29, 1.82) is 0 Å². The van der Waals surface area contributed by atoms with Gasteiger partial charge in [-0.15, -0.1) is 0 Å². The van der Waals surface area contributed by atoms with Crippen LogP contribution in [0.15, 0.2) is 60.7 Å². The Kier molecular flexibility index (Phi) is 5.08. The van der Waals surface area contributed by atoms with Crippen molar-refractivity contribution in [2.24, 2.45) is 0 Å². The number of halogens is 1. The number of hydrogen-bond donors (Lipinski definition) is 2. The zero-order chi connectivity index (χ0) is 19.5. The first-order chi connectivity index (χ1) is 13.6. The molecule has 0 aliphatic heterocycles. The molecule has 0 spiro atoms. The summed E-state index contributed by atoms with van der Waals surface area (Å²) in [6, 6.07) is 18.5. The fourth-order valence-corrected chi connectivity index (χ4v) is 3.34. The number of rotatable bonds is 6. The van der Waals surface area contributed by atoms with Crippen molar-refractivity contribution < 1.29 is 9.13 Å². The predicted molar refractivity (Wildman–Crippen MR) is 110 cm³/mol. The van der Waals surface area contributed by atoms with Gasteiger partial charge in [0.1, 0.15) is 24.0 Å². The van der Waals surface area contributed by atoms with Crippen molar-refractivity contribution in [3.05, 3.63) is 88.2 Å². The van der Waals surface area contributed by atoms with Gasteiger partial charge in [-0.3, -0.25) is 5.10 Å². The highest BCUT2D eigenvalue weighted by Gasteiger charge is 2.11. The van der Waals surface area contributed by atoms with Crippen LogP contribution in [0.3, 0.4) is 0 Å². The van der Waals surface area contributed by atoms with Gasteiger partial charge in [0.25, 0.3) is 0 Å². The summed E-state index contributed by atoms with van der Waals surface area (Å²) in [5, 5.41) is 9.11. The van der Waals surface area contributed by atoms with Crippen molar-refractivity contribution in [1.82, 2.24) is 14.9 Å². The fourth-order valence-electron chi connectivity index (χ4n) is 3.10. The maximum atomic E-state index is 13.1. The van der Waals surface area contributed by atoms with E-state index in [1.54, 1.807) is 16.8 Å². The average molecular weight is 394 g/mol. The van der Waals surface area contributed by atoms with Crippen LogP contribution in [0.4, 0.5) is 4.39 Å². The molecular formula is C21H19FN4OS. The molecule has 1 aromatic heterocycles. The Labute approximate surface area is 166 Å². The number of nitrogens with one attached hydrogen (secondary N) is 2. The van der Waals surface area contributed by atoms with Crippen LogP contribution in [0.5, 0.6) is 5.75 Å². The third-order valence-corrected chi connectivity index (χ3v) is 4.83. The highest BCUT2D eigenvalue weighted by molar-refractivity contribution is 7.71. The highest BCUT2D eigenvalue weighted by Crippen LogP contribution is 2.29. The van der Waals surface area contributed by atoms with E-state index in [0.717, 1.165) is 33.5 Å². The lowest BCUT2D eigenvalue weighted by Crippen LogP contribution is -2.17. The smallest absolute Gasteiger partial charge is 0.214 e. The number of aromatic nitrogens is 3. The molecule has 3 aromatic carbocycles. The van der Waals surface area contributed by atoms with E-state index in [1.807, 2.05) is 31.2 Å². The fraction of sp³-hybridized carbons (Fsp3) is 0.143. The number of benzene rings is 3. The first kappa shape index (κ1) is 18.2. The van der Waals surface area contributed by atoms with Gasteiger partial charge in [0, 0.05) is 5.56 Å². The predicted octanol–water partition coefficient (Wildman–Crippen LogP) is 4.86. The average Bonchev–Trinajstić information content (AvgIpc) is 3.03. The van der Waals surface area contributed by atoms with Gasteiger partial charge in [-0.1, -0.05) is 42.5 Å². The summed E-state index contributed by atoms with van der Waals surface area (Å²) in [4.78, 5) is 0. The van der Waals surface area contributed by atoms with Gasteiger partial charge in [-0.25, -0.2) is 9.07 Å². The Morgan fingerprint density at radius 2 is 1.89 bits per heavy atom. The number of aryl methyl sites for hydroxylation is 1. The van der Waals surface area contributed by atoms with E-state index in [0.29, 0.717) is 17.9 Å². The second-order valence-corrected chi connectivity index (χ2v) is 6.81. The first-order valence-corrected chi connectivity index (χ1v) is 9.28. The molecule has 7 heteroatoms. The molecule has 0 saturated carbocycles. The molecule has 0 saturated heterocycles. The van der Waals surface area contributed by atoms with Crippen molar-refractivity contribution in [2.75, 3.05) is 5.43 Å². The number of H-pyrrole nitrogens is 1. The summed E-state index contributed by atoms with van der Waals surface area (Å²) in [5.41, 5.74) is 5.23. The van der Waals surface area contributed by atoms with Crippen molar-refractivity contribution in [3.8, 4) is 5.75 Å². The standard InChI is InChI=1S/C21H19FN4OS/c1-14-24-25-21(28)26(14)23-12-19-18-5-3-2-4-16(18)8-11-20(19)27-13-15-6-9-17(22)10-7-15/h2-11,23H,12-13H2,1H3,(H,25,28). The minimum Gasteiger partial charge on any atom is -0.489 e. The van der Waals surface area contributed by atoms with E-state index in [2.05, 4.69) is 27.8 Å². The summed E-state index contributed by atoms with van der Waals surface area (Å²) >= 11 is 5.26. The van der Waals surface area contributed by atoms with Crippen molar-refractivity contribution in [3.63, 3.8) is 0 Å². The molecule has 0 amide bonds. The molecule has 0 radical (unpaired) electrons. The first-order valence-electron chi connectivity index (χ1n) is 8.87. The second kappa shape index (κ2) is 7.82. The molecule has 5 nitrogen and oxygen atoms in total. The van der Waals surface area contributed by atoms with Crippen LogP contribution >= 0.6 is 12.2 Å². The minimum atomic E-state index is -0.258. The number of nitrogens with zero attached hydrogens (tertiary/aromatic N) is 2. The molecule has 28 heavy (non-hydrogen) atoms. The van der Waals surface area contributed by atoms with E-state index in [9.17, 15) is 4.39 Å². The summed E-state index contributed by atoms with van der Waals surface area (Å²) in [7, 11) is 0. The lowest BCUT2D eigenvalue weighted by molar-refractivity contribution is 0.303. The molecule has 1 heterocycles. The lowest BCUT2D eigenvalue weighted by atomic mass is 10.0. The molecule has 0 unspecified atom stereocenters. The van der Waals surface area contributed by atoms with Gasteiger partial charge >= 0.3 is 0 Å². The maximum absolute atomic E-state index is 13.1. The van der Waals surface area contributed by atoms with E-state index < -0.39 is 0 Å². The molecular weight excluding hydrogens is 375 g/mol.